The summed E-state index contributed by atoms with van der Waals surface area (Å²) in [5.41, 5.74) is 0. The molecule has 0 atom stereocenters. The highest BCUT2D eigenvalue weighted by atomic mass is 32.2. The van der Waals surface area contributed by atoms with Gasteiger partial charge >= 0.3 is 0 Å². The molecule has 0 unspecified atom stereocenters. The molecule has 0 amide bonds. The van der Waals surface area contributed by atoms with Gasteiger partial charge in [-0.1, -0.05) is 30.0 Å². The zero-order valence-corrected chi connectivity index (χ0v) is 9.55. The van der Waals surface area contributed by atoms with E-state index in [-0.39, 0.29) is 10.9 Å². The summed E-state index contributed by atoms with van der Waals surface area (Å²) in [6.07, 6.45) is 1.63. The molecule has 1 aromatic carbocycles. The monoisotopic (exact) mass is 222 g/mol. The Labute approximate surface area is 94.1 Å². The zero-order valence-electron chi connectivity index (χ0n) is 8.73. The van der Waals surface area contributed by atoms with Crippen LogP contribution in [0.15, 0.2) is 35.2 Å². The molecule has 0 N–H and O–H groups in total. The van der Waals surface area contributed by atoms with Crippen LogP contribution in [0.4, 0.5) is 0 Å². The first-order valence-electron chi connectivity index (χ1n) is 4.93. The lowest BCUT2D eigenvalue weighted by Crippen LogP contribution is -1.95. The number of ketones is 1. The fourth-order valence-electron chi connectivity index (χ4n) is 1.15. The minimum Gasteiger partial charge on any atom is -0.300 e. The summed E-state index contributed by atoms with van der Waals surface area (Å²) in [4.78, 5) is 23.1. The Bertz CT molecular complexity index is 333. The van der Waals surface area contributed by atoms with Crippen molar-refractivity contribution < 1.29 is 9.59 Å². The Hall–Kier alpha value is -1.09. The normalized spacial score (nSPS) is 9.93. The lowest BCUT2D eigenvalue weighted by atomic mass is 10.2. The first-order chi connectivity index (χ1) is 7.18. The second kappa shape index (κ2) is 6.40. The molecule has 2 nitrogen and oxygen atoms in total. The Morgan fingerprint density at radius 1 is 1.13 bits per heavy atom. The second-order valence-corrected chi connectivity index (χ2v) is 4.47. The van der Waals surface area contributed by atoms with E-state index in [0.717, 1.165) is 4.90 Å². The van der Waals surface area contributed by atoms with Crippen LogP contribution in [0, 0.1) is 0 Å². The van der Waals surface area contributed by atoms with E-state index >= 15 is 0 Å². The molecular formula is C12H14O2S. The molecule has 0 aliphatic carbocycles. The third-order valence-corrected chi connectivity index (χ3v) is 2.82. The second-order valence-electron chi connectivity index (χ2n) is 3.34. The average Bonchev–Trinajstić information content (AvgIpc) is 2.18. The molecule has 80 valence electrons. The van der Waals surface area contributed by atoms with Crippen molar-refractivity contribution in [3.05, 3.63) is 30.3 Å². The third kappa shape index (κ3) is 5.37. The lowest BCUT2D eigenvalue weighted by Gasteiger charge is -1.99. The van der Waals surface area contributed by atoms with Gasteiger partial charge in [-0.15, -0.1) is 0 Å². The van der Waals surface area contributed by atoms with Gasteiger partial charge in [0.1, 0.15) is 5.78 Å². The van der Waals surface area contributed by atoms with E-state index in [1.165, 1.54) is 11.8 Å². The largest absolute Gasteiger partial charge is 0.300 e. The maximum Gasteiger partial charge on any atom is 0.193 e. The molecule has 0 fully saturated rings. The van der Waals surface area contributed by atoms with Gasteiger partial charge in [-0.2, -0.15) is 0 Å². The number of hydrogen-bond acceptors (Lipinski definition) is 3. The fourth-order valence-corrected chi connectivity index (χ4v) is 1.96. The number of hydrogen-bond donors (Lipinski definition) is 0. The number of thioether (sulfide) groups is 1. The molecule has 0 aliphatic rings. The third-order valence-electron chi connectivity index (χ3n) is 1.88. The smallest absolute Gasteiger partial charge is 0.193 e. The van der Waals surface area contributed by atoms with Gasteiger partial charge in [-0.05, 0) is 25.5 Å². The zero-order chi connectivity index (χ0) is 11.1. The quantitative estimate of drug-likeness (QED) is 0.718. The fraction of sp³-hybridized carbons (Fsp3) is 0.333. The van der Waals surface area contributed by atoms with Gasteiger partial charge in [-0.25, -0.2) is 0 Å². The van der Waals surface area contributed by atoms with Gasteiger partial charge in [-0.3, -0.25) is 4.79 Å². The maximum atomic E-state index is 11.4. The maximum absolute atomic E-state index is 11.4. The summed E-state index contributed by atoms with van der Waals surface area (Å²) in [7, 11) is 0. The number of carbonyl (C=O) groups is 2. The van der Waals surface area contributed by atoms with Gasteiger partial charge in [0.25, 0.3) is 0 Å². The van der Waals surface area contributed by atoms with Crippen LogP contribution in [0.5, 0.6) is 0 Å². The van der Waals surface area contributed by atoms with Crippen molar-refractivity contribution in [1.29, 1.82) is 0 Å². The predicted molar refractivity (Wildman–Crippen MR) is 61.8 cm³/mol. The molecule has 0 bridgehead atoms. The van der Waals surface area contributed by atoms with E-state index in [9.17, 15) is 9.59 Å². The number of Topliss-reactive ketones (excluding diaryl/α,β-unsaturated/α-hetero) is 1. The molecule has 0 spiro atoms. The summed E-state index contributed by atoms with van der Waals surface area (Å²) in [6.45, 7) is 1.55. The first-order valence-corrected chi connectivity index (χ1v) is 5.75. The highest BCUT2D eigenvalue weighted by Gasteiger charge is 2.04. The number of carbonyl (C=O) groups excluding carboxylic acids is 2. The van der Waals surface area contributed by atoms with Crippen LogP contribution in [0.25, 0.3) is 0 Å². The molecule has 0 saturated heterocycles. The van der Waals surface area contributed by atoms with Crippen LogP contribution in [0.1, 0.15) is 26.2 Å². The van der Waals surface area contributed by atoms with Gasteiger partial charge in [0.15, 0.2) is 5.12 Å². The van der Waals surface area contributed by atoms with Crippen molar-refractivity contribution in [3.8, 4) is 0 Å². The minimum absolute atomic E-state index is 0.127. The molecular weight excluding hydrogens is 208 g/mol. The SMILES string of the molecule is CC(=O)CCCC(=O)Sc1ccccc1. The molecule has 1 aromatic rings. The topological polar surface area (TPSA) is 34.1 Å². The minimum atomic E-state index is 0.127. The molecule has 0 radical (unpaired) electrons. The molecule has 0 aliphatic heterocycles. The summed E-state index contributed by atoms with van der Waals surface area (Å²) in [5, 5.41) is 0.127. The highest BCUT2D eigenvalue weighted by molar-refractivity contribution is 8.13. The van der Waals surface area contributed by atoms with Crippen LogP contribution in [0.3, 0.4) is 0 Å². The molecule has 0 heterocycles. The Balaban J connectivity index is 2.28. The van der Waals surface area contributed by atoms with E-state index in [2.05, 4.69) is 0 Å². The summed E-state index contributed by atoms with van der Waals surface area (Å²) < 4.78 is 0. The molecule has 1 rings (SSSR count). The predicted octanol–water partition coefficient (Wildman–Crippen LogP) is 3.06. The molecule has 0 aromatic heterocycles. The van der Waals surface area contributed by atoms with Crippen LogP contribution >= 0.6 is 11.8 Å². The van der Waals surface area contributed by atoms with E-state index in [1.807, 2.05) is 30.3 Å². The van der Waals surface area contributed by atoms with Crippen molar-refractivity contribution in [2.75, 3.05) is 0 Å². The van der Waals surface area contributed by atoms with Crippen molar-refractivity contribution in [2.45, 2.75) is 31.1 Å². The lowest BCUT2D eigenvalue weighted by molar-refractivity contribution is -0.117. The van der Waals surface area contributed by atoms with Crippen molar-refractivity contribution in [3.63, 3.8) is 0 Å². The van der Waals surface area contributed by atoms with Gasteiger partial charge in [0.2, 0.25) is 0 Å². The Morgan fingerprint density at radius 2 is 1.80 bits per heavy atom. The van der Waals surface area contributed by atoms with Crippen LogP contribution in [-0.4, -0.2) is 10.9 Å². The van der Waals surface area contributed by atoms with Gasteiger partial charge in [0.05, 0.1) is 0 Å². The van der Waals surface area contributed by atoms with E-state index < -0.39 is 0 Å². The summed E-state index contributed by atoms with van der Waals surface area (Å²) in [5.74, 6) is 0.146. The molecule has 3 heteroatoms. The first kappa shape index (κ1) is 12.0. The Kier molecular flexibility index (Phi) is 5.12. The Morgan fingerprint density at radius 3 is 2.40 bits per heavy atom. The van der Waals surface area contributed by atoms with Crippen molar-refractivity contribution in [1.82, 2.24) is 0 Å². The summed E-state index contributed by atoms with van der Waals surface area (Å²) >= 11 is 1.25. The van der Waals surface area contributed by atoms with Crippen LogP contribution < -0.4 is 0 Å². The van der Waals surface area contributed by atoms with Crippen molar-refractivity contribution in [2.24, 2.45) is 0 Å². The molecule has 15 heavy (non-hydrogen) atoms. The average molecular weight is 222 g/mol. The number of benzene rings is 1. The van der Waals surface area contributed by atoms with E-state index in [0.29, 0.717) is 19.3 Å². The van der Waals surface area contributed by atoms with Crippen LogP contribution in [0.2, 0.25) is 0 Å². The van der Waals surface area contributed by atoms with Gasteiger partial charge < -0.3 is 4.79 Å². The van der Waals surface area contributed by atoms with Crippen molar-refractivity contribution >= 4 is 22.7 Å². The number of rotatable bonds is 5. The van der Waals surface area contributed by atoms with Gasteiger partial charge in [0, 0.05) is 17.7 Å². The highest BCUT2D eigenvalue weighted by Crippen LogP contribution is 2.20. The van der Waals surface area contributed by atoms with Crippen LogP contribution in [-0.2, 0) is 9.59 Å². The van der Waals surface area contributed by atoms with E-state index in [1.54, 1.807) is 6.92 Å². The summed E-state index contributed by atoms with van der Waals surface area (Å²) in [6, 6.07) is 9.56. The molecule has 0 saturated carbocycles. The van der Waals surface area contributed by atoms with E-state index in [4.69, 9.17) is 0 Å². The standard InChI is InChI=1S/C12H14O2S/c1-10(13)6-5-9-12(14)15-11-7-3-2-4-8-11/h2-4,7-8H,5-6,9H2,1H3.